The molecule has 0 bridgehead atoms. The topological polar surface area (TPSA) is 74.1 Å². The fourth-order valence-corrected chi connectivity index (χ4v) is 3.87. The summed E-state index contributed by atoms with van der Waals surface area (Å²) in [4.78, 5) is 18.6. The van der Waals surface area contributed by atoms with Gasteiger partial charge in [0.05, 0.1) is 0 Å². The van der Waals surface area contributed by atoms with E-state index in [1.165, 1.54) is 18.9 Å². The van der Waals surface area contributed by atoms with Crippen molar-refractivity contribution in [1.29, 1.82) is 0 Å². The summed E-state index contributed by atoms with van der Waals surface area (Å²) in [5.74, 6) is 0.921. The SMILES string of the molecule is CN1CCC(CNc2ncc3c(-c4cc(F)c5nccn5c4)c[nH]c3n2)CC1. The lowest BCUT2D eigenvalue weighted by Gasteiger charge is -2.28. The first-order valence-electron chi connectivity index (χ1n) is 9.56. The minimum atomic E-state index is -0.353. The molecular weight excluding hydrogens is 357 g/mol. The molecule has 0 spiro atoms. The molecule has 4 aromatic heterocycles. The van der Waals surface area contributed by atoms with Gasteiger partial charge in [-0.2, -0.15) is 4.98 Å². The first-order valence-corrected chi connectivity index (χ1v) is 9.56. The van der Waals surface area contributed by atoms with E-state index in [2.05, 4.69) is 37.2 Å². The molecule has 0 aromatic carbocycles. The largest absolute Gasteiger partial charge is 0.354 e. The Morgan fingerprint density at radius 3 is 3.00 bits per heavy atom. The summed E-state index contributed by atoms with van der Waals surface area (Å²) in [5.41, 5.74) is 2.68. The molecule has 0 aliphatic carbocycles. The maximum atomic E-state index is 14.3. The molecule has 5 rings (SSSR count). The zero-order chi connectivity index (χ0) is 19.1. The third-order valence-electron chi connectivity index (χ3n) is 5.57. The molecular formula is C20H22FN7. The van der Waals surface area contributed by atoms with Crippen molar-refractivity contribution in [3.63, 3.8) is 0 Å². The summed E-state index contributed by atoms with van der Waals surface area (Å²) in [6.07, 6.45) is 11.2. The monoisotopic (exact) mass is 379 g/mol. The van der Waals surface area contributed by atoms with Crippen molar-refractivity contribution in [3.05, 3.63) is 42.9 Å². The van der Waals surface area contributed by atoms with E-state index < -0.39 is 0 Å². The van der Waals surface area contributed by atoms with Gasteiger partial charge < -0.3 is 19.6 Å². The normalized spacial score (nSPS) is 16.2. The molecule has 1 fully saturated rings. The Morgan fingerprint density at radius 2 is 2.14 bits per heavy atom. The minimum absolute atomic E-state index is 0.320. The van der Waals surface area contributed by atoms with Crippen molar-refractivity contribution in [1.82, 2.24) is 29.2 Å². The van der Waals surface area contributed by atoms with Crippen molar-refractivity contribution in [3.8, 4) is 11.1 Å². The molecule has 1 saturated heterocycles. The molecule has 5 heterocycles. The van der Waals surface area contributed by atoms with Gasteiger partial charge in [-0.05, 0) is 45.0 Å². The van der Waals surface area contributed by atoms with E-state index in [1.54, 1.807) is 23.0 Å². The minimum Gasteiger partial charge on any atom is -0.354 e. The van der Waals surface area contributed by atoms with Crippen molar-refractivity contribution < 1.29 is 4.39 Å². The quantitative estimate of drug-likeness (QED) is 0.570. The fourth-order valence-electron chi connectivity index (χ4n) is 3.87. The van der Waals surface area contributed by atoms with Crippen LogP contribution in [0.1, 0.15) is 12.8 Å². The first-order chi connectivity index (χ1) is 13.7. The first kappa shape index (κ1) is 17.1. The van der Waals surface area contributed by atoms with Gasteiger partial charge in [0.15, 0.2) is 11.5 Å². The number of aromatic nitrogens is 5. The Kier molecular flexibility index (Phi) is 4.20. The third kappa shape index (κ3) is 3.09. The van der Waals surface area contributed by atoms with Gasteiger partial charge >= 0.3 is 0 Å². The standard InChI is InChI=1S/C20H22FN7/c1-27-5-2-13(3-6-27)9-24-20-25-11-16-15(10-23-18(16)26-20)14-8-17(21)19-22-4-7-28(19)12-14/h4,7-8,10-13H,2-3,5-6,9H2,1H3,(H2,23,24,25,26). The lowest BCUT2D eigenvalue weighted by molar-refractivity contribution is 0.226. The summed E-state index contributed by atoms with van der Waals surface area (Å²) in [5, 5.41) is 4.23. The number of piperidine rings is 1. The molecule has 7 nitrogen and oxygen atoms in total. The van der Waals surface area contributed by atoms with Gasteiger partial charge in [0.1, 0.15) is 5.65 Å². The van der Waals surface area contributed by atoms with E-state index in [-0.39, 0.29) is 5.82 Å². The van der Waals surface area contributed by atoms with Gasteiger partial charge in [-0.1, -0.05) is 0 Å². The second-order valence-electron chi connectivity index (χ2n) is 7.52. The number of anilines is 1. The number of nitrogens with zero attached hydrogens (tertiary/aromatic N) is 5. The molecule has 4 aromatic rings. The van der Waals surface area contributed by atoms with Gasteiger partial charge in [-0.25, -0.2) is 14.4 Å². The van der Waals surface area contributed by atoms with Crippen LogP contribution in [0.3, 0.4) is 0 Å². The Morgan fingerprint density at radius 1 is 1.29 bits per heavy atom. The van der Waals surface area contributed by atoms with Crippen LogP contribution in [0.25, 0.3) is 27.8 Å². The Balaban J connectivity index is 1.38. The highest BCUT2D eigenvalue weighted by Gasteiger charge is 2.17. The average Bonchev–Trinajstić information content (AvgIpc) is 3.34. The summed E-state index contributed by atoms with van der Waals surface area (Å²) in [6, 6.07) is 1.50. The Bertz CT molecular complexity index is 1120. The van der Waals surface area contributed by atoms with E-state index in [1.807, 2.05) is 12.4 Å². The lowest BCUT2D eigenvalue weighted by Crippen LogP contribution is -2.33. The van der Waals surface area contributed by atoms with Crippen LogP contribution in [-0.2, 0) is 0 Å². The zero-order valence-electron chi connectivity index (χ0n) is 15.7. The van der Waals surface area contributed by atoms with E-state index in [9.17, 15) is 4.39 Å². The highest BCUT2D eigenvalue weighted by atomic mass is 19.1. The molecule has 0 unspecified atom stereocenters. The number of fused-ring (bicyclic) bond motifs is 2. The number of nitrogens with one attached hydrogen (secondary N) is 2. The number of pyridine rings is 1. The van der Waals surface area contributed by atoms with Crippen LogP contribution in [0.15, 0.2) is 37.1 Å². The summed E-state index contributed by atoms with van der Waals surface area (Å²) in [7, 11) is 2.17. The summed E-state index contributed by atoms with van der Waals surface area (Å²) < 4.78 is 16.0. The molecule has 1 aliphatic heterocycles. The molecule has 2 N–H and O–H groups in total. The van der Waals surface area contributed by atoms with Crippen molar-refractivity contribution in [2.75, 3.05) is 32.0 Å². The number of hydrogen-bond donors (Lipinski definition) is 2. The maximum Gasteiger partial charge on any atom is 0.224 e. The van der Waals surface area contributed by atoms with Crippen LogP contribution in [0, 0.1) is 11.7 Å². The van der Waals surface area contributed by atoms with E-state index >= 15 is 0 Å². The van der Waals surface area contributed by atoms with Gasteiger partial charge in [0.2, 0.25) is 5.95 Å². The molecule has 1 aliphatic rings. The summed E-state index contributed by atoms with van der Waals surface area (Å²) in [6.45, 7) is 3.17. The number of hydrogen-bond acceptors (Lipinski definition) is 5. The fraction of sp³-hybridized carbons (Fsp3) is 0.350. The van der Waals surface area contributed by atoms with Gasteiger partial charge in [-0.3, -0.25) is 0 Å². The number of imidazole rings is 1. The van der Waals surface area contributed by atoms with E-state index in [4.69, 9.17) is 0 Å². The number of aromatic amines is 1. The second kappa shape index (κ2) is 6.87. The highest BCUT2D eigenvalue weighted by Crippen LogP contribution is 2.29. The van der Waals surface area contributed by atoms with E-state index in [0.29, 0.717) is 17.5 Å². The van der Waals surface area contributed by atoms with Crippen LogP contribution < -0.4 is 5.32 Å². The number of likely N-dealkylation sites (tertiary alicyclic amines) is 1. The van der Waals surface area contributed by atoms with Crippen LogP contribution in [0.2, 0.25) is 0 Å². The number of rotatable bonds is 4. The van der Waals surface area contributed by atoms with Crippen LogP contribution >= 0.6 is 0 Å². The Labute approximate surface area is 161 Å². The van der Waals surface area contributed by atoms with E-state index in [0.717, 1.165) is 41.8 Å². The van der Waals surface area contributed by atoms with Crippen LogP contribution in [-0.4, -0.2) is 55.9 Å². The third-order valence-corrected chi connectivity index (χ3v) is 5.57. The smallest absolute Gasteiger partial charge is 0.224 e. The molecule has 0 amide bonds. The molecule has 0 radical (unpaired) electrons. The van der Waals surface area contributed by atoms with Crippen molar-refractivity contribution in [2.45, 2.75) is 12.8 Å². The molecule has 0 saturated carbocycles. The molecule has 0 atom stereocenters. The predicted molar refractivity (Wildman–Crippen MR) is 107 cm³/mol. The van der Waals surface area contributed by atoms with Crippen LogP contribution in [0.5, 0.6) is 0 Å². The number of halogens is 1. The Hall–Kier alpha value is -3.00. The zero-order valence-corrected chi connectivity index (χ0v) is 15.7. The molecule has 8 heteroatoms. The predicted octanol–water partition coefficient (Wildman–Crippen LogP) is 3.17. The number of H-pyrrole nitrogens is 1. The summed E-state index contributed by atoms with van der Waals surface area (Å²) >= 11 is 0. The van der Waals surface area contributed by atoms with Gasteiger partial charge in [-0.15, -0.1) is 0 Å². The second-order valence-corrected chi connectivity index (χ2v) is 7.52. The molecule has 28 heavy (non-hydrogen) atoms. The molecule has 144 valence electrons. The van der Waals surface area contributed by atoms with Crippen molar-refractivity contribution in [2.24, 2.45) is 5.92 Å². The van der Waals surface area contributed by atoms with Crippen LogP contribution in [0.4, 0.5) is 10.3 Å². The highest BCUT2D eigenvalue weighted by molar-refractivity contribution is 5.93. The lowest BCUT2D eigenvalue weighted by atomic mass is 9.97. The van der Waals surface area contributed by atoms with Crippen molar-refractivity contribution >= 4 is 22.6 Å². The van der Waals surface area contributed by atoms with Gasteiger partial charge in [0.25, 0.3) is 0 Å². The maximum absolute atomic E-state index is 14.3. The van der Waals surface area contributed by atoms with Gasteiger partial charge in [0, 0.05) is 54.0 Å². The average molecular weight is 379 g/mol.